The van der Waals surface area contributed by atoms with Crippen molar-refractivity contribution in [2.75, 3.05) is 25.0 Å². The van der Waals surface area contributed by atoms with Crippen LogP contribution in [0.2, 0.25) is 0 Å². The van der Waals surface area contributed by atoms with E-state index in [9.17, 15) is 13.2 Å². The second kappa shape index (κ2) is 8.74. The van der Waals surface area contributed by atoms with Gasteiger partial charge in [0.05, 0.1) is 18.9 Å². The summed E-state index contributed by atoms with van der Waals surface area (Å²) >= 11 is 0. The molecule has 1 aliphatic heterocycles. The van der Waals surface area contributed by atoms with Crippen LogP contribution in [0, 0.1) is 5.92 Å². The third kappa shape index (κ3) is 4.53. The van der Waals surface area contributed by atoms with Gasteiger partial charge in [-0.1, -0.05) is 0 Å². The Bertz CT molecular complexity index is 908. The fourth-order valence-corrected chi connectivity index (χ4v) is 4.66. The summed E-state index contributed by atoms with van der Waals surface area (Å²) < 4.78 is 34.2. The summed E-state index contributed by atoms with van der Waals surface area (Å²) in [6.07, 6.45) is 4.32. The third-order valence-electron chi connectivity index (χ3n) is 4.77. The molecule has 2 heterocycles. The number of aryl methyl sites for hydroxylation is 1. The highest BCUT2D eigenvalue weighted by atomic mass is 32.2. The van der Waals surface area contributed by atoms with Crippen molar-refractivity contribution in [2.24, 2.45) is 5.92 Å². The Labute approximate surface area is 165 Å². The number of hydrogen-bond acceptors (Lipinski definition) is 5. The lowest BCUT2D eigenvalue weighted by Crippen LogP contribution is -2.43. The van der Waals surface area contributed by atoms with E-state index in [2.05, 4.69) is 10.3 Å². The zero-order valence-corrected chi connectivity index (χ0v) is 17.0. The van der Waals surface area contributed by atoms with E-state index >= 15 is 0 Å². The molecule has 9 heteroatoms. The molecule has 0 bridgehead atoms. The summed E-state index contributed by atoms with van der Waals surface area (Å²) in [6, 6.07) is 7.14. The first-order chi connectivity index (χ1) is 13.4. The van der Waals surface area contributed by atoms with Gasteiger partial charge in [0, 0.05) is 31.5 Å². The van der Waals surface area contributed by atoms with Gasteiger partial charge < -0.3 is 14.6 Å². The van der Waals surface area contributed by atoms with E-state index in [1.165, 1.54) is 16.8 Å². The molecule has 0 spiro atoms. The van der Waals surface area contributed by atoms with Gasteiger partial charge in [-0.2, -0.15) is 4.31 Å². The van der Waals surface area contributed by atoms with Gasteiger partial charge in [0.1, 0.15) is 5.75 Å². The first-order valence-electron chi connectivity index (χ1n) is 9.49. The van der Waals surface area contributed by atoms with Crippen molar-refractivity contribution >= 4 is 21.6 Å². The van der Waals surface area contributed by atoms with E-state index in [0.717, 1.165) is 5.75 Å². The van der Waals surface area contributed by atoms with Gasteiger partial charge in [-0.15, -0.1) is 0 Å². The van der Waals surface area contributed by atoms with Crippen LogP contribution in [0.4, 0.5) is 5.69 Å². The number of nitrogens with zero attached hydrogens (tertiary/aromatic N) is 3. The minimum atomic E-state index is -3.70. The molecule has 1 amide bonds. The molecule has 0 saturated carbocycles. The smallest absolute Gasteiger partial charge is 0.262 e. The van der Waals surface area contributed by atoms with Crippen molar-refractivity contribution < 1.29 is 17.9 Å². The van der Waals surface area contributed by atoms with E-state index in [1.807, 2.05) is 13.8 Å². The average molecular weight is 407 g/mol. The van der Waals surface area contributed by atoms with Crippen molar-refractivity contribution in [2.45, 2.75) is 38.3 Å². The van der Waals surface area contributed by atoms with Crippen LogP contribution in [0.3, 0.4) is 0 Å². The van der Waals surface area contributed by atoms with Gasteiger partial charge in [0.2, 0.25) is 5.91 Å². The Balaban J connectivity index is 1.65. The molecule has 2 aromatic rings. The summed E-state index contributed by atoms with van der Waals surface area (Å²) in [4.78, 5) is 16.7. The maximum Gasteiger partial charge on any atom is 0.262 e. The van der Waals surface area contributed by atoms with Crippen molar-refractivity contribution in [3.63, 3.8) is 0 Å². The minimum absolute atomic E-state index is 0.0296. The molecule has 3 rings (SSSR count). The van der Waals surface area contributed by atoms with Crippen LogP contribution in [0.15, 0.2) is 41.8 Å². The van der Waals surface area contributed by atoms with Gasteiger partial charge in [0.15, 0.2) is 5.03 Å². The zero-order chi connectivity index (χ0) is 20.1. The van der Waals surface area contributed by atoms with Crippen LogP contribution < -0.4 is 10.1 Å². The SMILES string of the molecule is CCOc1ccc(NC(=O)[C@H]2CCCN(S(=O)(=O)c3cn(CC)cn3)C2)cc1. The Hall–Kier alpha value is -2.39. The highest BCUT2D eigenvalue weighted by Crippen LogP contribution is 2.24. The van der Waals surface area contributed by atoms with E-state index < -0.39 is 15.9 Å². The van der Waals surface area contributed by atoms with E-state index in [-0.39, 0.29) is 17.5 Å². The van der Waals surface area contributed by atoms with Gasteiger partial charge in [0.25, 0.3) is 10.0 Å². The number of hydrogen-bond donors (Lipinski definition) is 1. The molecule has 1 fully saturated rings. The largest absolute Gasteiger partial charge is 0.494 e. The number of carbonyl (C=O) groups is 1. The number of aromatic nitrogens is 2. The number of ether oxygens (including phenoxy) is 1. The fourth-order valence-electron chi connectivity index (χ4n) is 3.20. The van der Waals surface area contributed by atoms with Gasteiger partial charge in [-0.3, -0.25) is 4.79 Å². The quantitative estimate of drug-likeness (QED) is 0.762. The Kier molecular flexibility index (Phi) is 6.35. The lowest BCUT2D eigenvalue weighted by molar-refractivity contribution is -0.120. The second-order valence-electron chi connectivity index (χ2n) is 6.69. The van der Waals surface area contributed by atoms with Crippen molar-refractivity contribution in [3.8, 4) is 5.75 Å². The average Bonchev–Trinajstić information content (AvgIpc) is 3.20. The topological polar surface area (TPSA) is 93.5 Å². The maximum absolute atomic E-state index is 12.8. The van der Waals surface area contributed by atoms with Crippen molar-refractivity contribution in [3.05, 3.63) is 36.8 Å². The summed E-state index contributed by atoms with van der Waals surface area (Å²) in [5.41, 5.74) is 0.662. The van der Waals surface area contributed by atoms with Crippen LogP contribution in [0.25, 0.3) is 0 Å². The maximum atomic E-state index is 12.8. The van der Waals surface area contributed by atoms with Crippen LogP contribution in [0.5, 0.6) is 5.75 Å². The molecule has 1 aromatic heterocycles. The molecular formula is C19H26N4O4S. The van der Waals surface area contributed by atoms with E-state index in [0.29, 0.717) is 38.2 Å². The molecule has 28 heavy (non-hydrogen) atoms. The second-order valence-corrected chi connectivity index (χ2v) is 8.58. The molecule has 0 radical (unpaired) electrons. The molecule has 1 aliphatic rings. The molecule has 1 aromatic carbocycles. The van der Waals surface area contributed by atoms with E-state index in [1.54, 1.807) is 28.8 Å². The summed E-state index contributed by atoms with van der Waals surface area (Å²) in [5, 5.41) is 2.90. The number of imidazole rings is 1. The molecule has 1 saturated heterocycles. The first-order valence-corrected chi connectivity index (χ1v) is 10.9. The highest BCUT2D eigenvalue weighted by molar-refractivity contribution is 7.89. The molecule has 8 nitrogen and oxygen atoms in total. The predicted molar refractivity (Wildman–Crippen MR) is 106 cm³/mol. The standard InChI is InChI=1S/C19H26N4O4S/c1-3-22-13-18(20-14-22)28(25,26)23-11-5-6-15(12-23)19(24)21-16-7-9-17(10-8-16)27-4-2/h7-10,13-15H,3-6,11-12H2,1-2H3,(H,21,24)/t15-/m0/s1. The molecule has 0 aliphatic carbocycles. The van der Waals surface area contributed by atoms with Gasteiger partial charge >= 0.3 is 0 Å². The monoisotopic (exact) mass is 406 g/mol. The number of benzene rings is 1. The summed E-state index contributed by atoms with van der Waals surface area (Å²) in [5.74, 6) is 0.161. The highest BCUT2D eigenvalue weighted by Gasteiger charge is 2.34. The third-order valence-corrected chi connectivity index (χ3v) is 6.52. The Morgan fingerprint density at radius 1 is 1.29 bits per heavy atom. The summed E-state index contributed by atoms with van der Waals surface area (Å²) in [6.45, 7) is 5.61. The van der Waals surface area contributed by atoms with Gasteiger partial charge in [-0.05, 0) is 51.0 Å². The number of nitrogens with one attached hydrogen (secondary N) is 1. The predicted octanol–water partition coefficient (Wildman–Crippen LogP) is 2.34. The van der Waals surface area contributed by atoms with E-state index in [4.69, 9.17) is 4.74 Å². The van der Waals surface area contributed by atoms with Crippen molar-refractivity contribution in [1.29, 1.82) is 0 Å². The molecule has 1 atom stereocenters. The Morgan fingerprint density at radius 2 is 2.04 bits per heavy atom. The van der Waals surface area contributed by atoms with Crippen LogP contribution in [-0.4, -0.2) is 47.9 Å². The van der Waals surface area contributed by atoms with Crippen LogP contribution in [-0.2, 0) is 21.4 Å². The fraction of sp³-hybridized carbons (Fsp3) is 0.474. The zero-order valence-electron chi connectivity index (χ0n) is 16.2. The Morgan fingerprint density at radius 3 is 2.68 bits per heavy atom. The lowest BCUT2D eigenvalue weighted by atomic mass is 9.99. The number of amides is 1. The lowest BCUT2D eigenvalue weighted by Gasteiger charge is -2.30. The number of sulfonamides is 1. The molecule has 152 valence electrons. The van der Waals surface area contributed by atoms with Crippen molar-refractivity contribution in [1.82, 2.24) is 13.9 Å². The minimum Gasteiger partial charge on any atom is -0.494 e. The number of piperidine rings is 1. The van der Waals surface area contributed by atoms with Crippen LogP contribution >= 0.6 is 0 Å². The number of rotatable bonds is 7. The summed E-state index contributed by atoms with van der Waals surface area (Å²) in [7, 11) is -3.70. The first kappa shape index (κ1) is 20.3. The molecular weight excluding hydrogens is 380 g/mol. The van der Waals surface area contributed by atoms with Crippen LogP contribution in [0.1, 0.15) is 26.7 Å². The molecule has 0 unspecified atom stereocenters. The molecule has 1 N–H and O–H groups in total. The van der Waals surface area contributed by atoms with Gasteiger partial charge in [-0.25, -0.2) is 13.4 Å². The number of carbonyl (C=O) groups excluding carboxylic acids is 1. The number of anilines is 1. The normalized spacial score (nSPS) is 18.0.